The summed E-state index contributed by atoms with van der Waals surface area (Å²) >= 11 is 17.8. The normalized spacial score (nSPS) is 15.3. The molecule has 0 aromatic heterocycles. The van der Waals surface area contributed by atoms with Crippen molar-refractivity contribution < 1.29 is 14.3 Å². The van der Waals surface area contributed by atoms with Gasteiger partial charge in [-0.2, -0.15) is 0 Å². The van der Waals surface area contributed by atoms with Gasteiger partial charge in [0.05, 0.1) is 15.1 Å². The van der Waals surface area contributed by atoms with Crippen LogP contribution in [0.3, 0.4) is 0 Å². The second kappa shape index (κ2) is 8.28. The van der Waals surface area contributed by atoms with Crippen molar-refractivity contribution in [1.82, 2.24) is 9.80 Å². The van der Waals surface area contributed by atoms with E-state index in [1.54, 1.807) is 23.9 Å². The van der Waals surface area contributed by atoms with E-state index in [1.165, 1.54) is 12.1 Å². The molecule has 2 rings (SSSR count). The SMILES string of the molecule is CN(C)C(=O)C1CCN(C(=O)COc2cc(Cl)c(Cl)cc2Cl)CC1. The van der Waals surface area contributed by atoms with Crippen LogP contribution in [0.2, 0.25) is 15.1 Å². The molecule has 0 bridgehead atoms. The highest BCUT2D eigenvalue weighted by Gasteiger charge is 2.28. The molecular formula is C16H19Cl3N2O3. The lowest BCUT2D eigenvalue weighted by Gasteiger charge is -2.32. The Morgan fingerprint density at radius 1 is 1.12 bits per heavy atom. The highest BCUT2D eigenvalue weighted by molar-refractivity contribution is 6.43. The molecule has 24 heavy (non-hydrogen) atoms. The second-order valence-corrected chi connectivity index (χ2v) is 7.09. The molecular weight excluding hydrogens is 375 g/mol. The van der Waals surface area contributed by atoms with Gasteiger partial charge < -0.3 is 14.5 Å². The summed E-state index contributed by atoms with van der Waals surface area (Å²) in [4.78, 5) is 27.5. The first-order chi connectivity index (χ1) is 11.3. The summed E-state index contributed by atoms with van der Waals surface area (Å²) in [5.74, 6) is 0.264. The van der Waals surface area contributed by atoms with Crippen LogP contribution in [0.1, 0.15) is 12.8 Å². The Kier molecular flexibility index (Phi) is 6.61. The van der Waals surface area contributed by atoms with Gasteiger partial charge in [-0.3, -0.25) is 9.59 Å². The minimum atomic E-state index is -0.145. The number of hydrogen-bond donors (Lipinski definition) is 0. The molecule has 0 spiro atoms. The van der Waals surface area contributed by atoms with E-state index in [0.29, 0.717) is 46.7 Å². The van der Waals surface area contributed by atoms with Gasteiger partial charge in [-0.1, -0.05) is 34.8 Å². The number of likely N-dealkylation sites (tertiary alicyclic amines) is 1. The first-order valence-electron chi connectivity index (χ1n) is 7.56. The van der Waals surface area contributed by atoms with Crippen molar-refractivity contribution in [3.05, 3.63) is 27.2 Å². The van der Waals surface area contributed by atoms with E-state index in [0.717, 1.165) is 0 Å². The molecule has 1 aromatic rings. The first-order valence-corrected chi connectivity index (χ1v) is 8.69. The summed E-state index contributed by atoms with van der Waals surface area (Å²) < 4.78 is 5.46. The topological polar surface area (TPSA) is 49.9 Å². The second-order valence-electron chi connectivity index (χ2n) is 5.87. The maximum absolute atomic E-state index is 12.2. The third kappa shape index (κ3) is 4.68. The third-order valence-corrected chi connectivity index (χ3v) is 4.98. The smallest absolute Gasteiger partial charge is 0.260 e. The number of piperidine rings is 1. The molecule has 1 fully saturated rings. The number of nitrogens with zero attached hydrogens (tertiary/aromatic N) is 2. The minimum Gasteiger partial charge on any atom is -0.482 e. The van der Waals surface area contributed by atoms with E-state index in [1.807, 2.05) is 0 Å². The lowest BCUT2D eigenvalue weighted by molar-refractivity contribution is -0.140. The highest BCUT2D eigenvalue weighted by atomic mass is 35.5. The van der Waals surface area contributed by atoms with Crippen molar-refractivity contribution in [2.45, 2.75) is 12.8 Å². The number of rotatable bonds is 4. The predicted molar refractivity (Wildman–Crippen MR) is 95.0 cm³/mol. The summed E-state index contributed by atoms with van der Waals surface area (Å²) in [6, 6.07) is 2.96. The Bertz CT molecular complexity index is 629. The fourth-order valence-electron chi connectivity index (χ4n) is 2.59. The number of benzene rings is 1. The average molecular weight is 394 g/mol. The summed E-state index contributed by atoms with van der Waals surface area (Å²) in [6.45, 7) is 0.951. The van der Waals surface area contributed by atoms with Gasteiger partial charge >= 0.3 is 0 Å². The van der Waals surface area contributed by atoms with Gasteiger partial charge in [-0.15, -0.1) is 0 Å². The highest BCUT2D eigenvalue weighted by Crippen LogP contribution is 2.33. The van der Waals surface area contributed by atoms with E-state index in [4.69, 9.17) is 39.5 Å². The zero-order chi connectivity index (χ0) is 17.9. The van der Waals surface area contributed by atoms with E-state index in [-0.39, 0.29) is 24.3 Å². The van der Waals surface area contributed by atoms with Crippen molar-refractivity contribution in [3.8, 4) is 5.75 Å². The Morgan fingerprint density at radius 3 is 2.29 bits per heavy atom. The van der Waals surface area contributed by atoms with Crippen LogP contribution in [-0.2, 0) is 9.59 Å². The van der Waals surface area contributed by atoms with Crippen molar-refractivity contribution in [2.24, 2.45) is 5.92 Å². The Balaban J connectivity index is 1.86. The number of halogens is 3. The number of carbonyl (C=O) groups excluding carboxylic acids is 2. The first kappa shape index (κ1) is 19.2. The Labute approximate surface area is 156 Å². The largest absolute Gasteiger partial charge is 0.482 e. The van der Waals surface area contributed by atoms with Gasteiger partial charge in [0.1, 0.15) is 5.75 Å². The quantitative estimate of drug-likeness (QED) is 0.737. The van der Waals surface area contributed by atoms with Crippen LogP contribution in [0, 0.1) is 5.92 Å². The van der Waals surface area contributed by atoms with E-state index in [2.05, 4.69) is 0 Å². The fraction of sp³-hybridized carbons (Fsp3) is 0.500. The van der Waals surface area contributed by atoms with Gasteiger partial charge in [0.2, 0.25) is 5.91 Å². The molecule has 8 heteroatoms. The zero-order valence-corrected chi connectivity index (χ0v) is 15.8. The van der Waals surface area contributed by atoms with Crippen molar-refractivity contribution in [3.63, 3.8) is 0 Å². The van der Waals surface area contributed by atoms with Crippen molar-refractivity contribution >= 4 is 46.6 Å². The monoisotopic (exact) mass is 392 g/mol. The molecule has 1 aliphatic heterocycles. The van der Waals surface area contributed by atoms with Crippen LogP contribution in [0.5, 0.6) is 5.75 Å². The van der Waals surface area contributed by atoms with Gasteiger partial charge in [-0.05, 0) is 18.9 Å². The molecule has 1 aromatic carbocycles. The van der Waals surface area contributed by atoms with Crippen LogP contribution in [0.25, 0.3) is 0 Å². The molecule has 0 atom stereocenters. The van der Waals surface area contributed by atoms with Crippen LogP contribution in [-0.4, -0.2) is 55.4 Å². The number of ether oxygens (including phenoxy) is 1. The molecule has 1 saturated heterocycles. The minimum absolute atomic E-state index is 0.0190. The third-order valence-electron chi connectivity index (χ3n) is 3.96. The molecule has 2 amide bonds. The summed E-state index contributed by atoms with van der Waals surface area (Å²) in [5, 5.41) is 0.937. The van der Waals surface area contributed by atoms with E-state index >= 15 is 0 Å². The Morgan fingerprint density at radius 2 is 1.71 bits per heavy atom. The average Bonchev–Trinajstić information content (AvgIpc) is 2.56. The molecule has 1 heterocycles. The zero-order valence-electron chi connectivity index (χ0n) is 13.5. The molecule has 1 aliphatic rings. The van der Waals surface area contributed by atoms with Gasteiger partial charge in [0.25, 0.3) is 5.91 Å². The maximum atomic E-state index is 12.2. The molecule has 0 unspecified atom stereocenters. The molecule has 0 radical (unpaired) electrons. The van der Waals surface area contributed by atoms with Crippen molar-refractivity contribution in [2.75, 3.05) is 33.8 Å². The summed E-state index contributed by atoms with van der Waals surface area (Å²) in [6.07, 6.45) is 1.33. The summed E-state index contributed by atoms with van der Waals surface area (Å²) in [7, 11) is 3.49. The van der Waals surface area contributed by atoms with Crippen LogP contribution in [0.4, 0.5) is 0 Å². The van der Waals surface area contributed by atoms with Crippen LogP contribution < -0.4 is 4.74 Å². The molecule has 5 nitrogen and oxygen atoms in total. The molecule has 0 aliphatic carbocycles. The number of amides is 2. The number of carbonyl (C=O) groups is 2. The van der Waals surface area contributed by atoms with Gasteiger partial charge in [0.15, 0.2) is 6.61 Å². The van der Waals surface area contributed by atoms with E-state index in [9.17, 15) is 9.59 Å². The molecule has 0 saturated carbocycles. The molecule has 0 N–H and O–H groups in total. The number of hydrogen-bond acceptors (Lipinski definition) is 3. The fourth-order valence-corrected chi connectivity index (χ4v) is 3.18. The lowest BCUT2D eigenvalue weighted by Crippen LogP contribution is -2.44. The molecule has 132 valence electrons. The Hall–Kier alpha value is -1.17. The van der Waals surface area contributed by atoms with Gasteiger partial charge in [0, 0.05) is 39.2 Å². The maximum Gasteiger partial charge on any atom is 0.260 e. The predicted octanol–water partition coefficient (Wildman–Crippen LogP) is 3.35. The van der Waals surface area contributed by atoms with Crippen molar-refractivity contribution in [1.29, 1.82) is 0 Å². The van der Waals surface area contributed by atoms with Crippen LogP contribution in [0.15, 0.2) is 12.1 Å². The standard InChI is InChI=1S/C16H19Cl3N2O3/c1-20(2)16(23)10-3-5-21(6-4-10)15(22)9-24-14-8-12(18)11(17)7-13(14)19/h7-8,10H,3-6,9H2,1-2H3. The summed E-state index contributed by atoms with van der Waals surface area (Å²) in [5.41, 5.74) is 0. The van der Waals surface area contributed by atoms with Gasteiger partial charge in [-0.25, -0.2) is 0 Å². The lowest BCUT2D eigenvalue weighted by atomic mass is 9.95. The van der Waals surface area contributed by atoms with Crippen LogP contribution >= 0.6 is 34.8 Å². The van der Waals surface area contributed by atoms with E-state index < -0.39 is 0 Å².